The highest BCUT2D eigenvalue weighted by Crippen LogP contribution is 2.26. The number of carbonyl (C=O) groups is 1. The van der Waals surface area contributed by atoms with Crippen molar-refractivity contribution in [2.45, 2.75) is 32.7 Å². The van der Waals surface area contributed by atoms with Gasteiger partial charge in [-0.25, -0.2) is 9.07 Å². The quantitative estimate of drug-likeness (QED) is 0.940. The minimum absolute atomic E-state index is 0.0482. The number of likely N-dealkylation sites (tertiary alicyclic amines) is 1. The topological polar surface area (TPSA) is 58.4 Å². The van der Waals surface area contributed by atoms with Crippen LogP contribution in [-0.2, 0) is 0 Å². The highest BCUT2D eigenvalue weighted by atomic mass is 19.1. The maximum Gasteiger partial charge on any atom is 0.257 e. The van der Waals surface area contributed by atoms with Crippen molar-refractivity contribution in [3.05, 3.63) is 47.5 Å². The van der Waals surface area contributed by atoms with Gasteiger partial charge in [-0.2, -0.15) is 5.10 Å². The van der Waals surface area contributed by atoms with Crippen molar-refractivity contribution in [3.8, 4) is 5.69 Å². The second-order valence-electron chi connectivity index (χ2n) is 6.37. The Kier molecular flexibility index (Phi) is 4.66. The summed E-state index contributed by atoms with van der Waals surface area (Å²) in [6.07, 6.45) is 3.41. The van der Waals surface area contributed by atoms with Crippen LogP contribution < -0.4 is 0 Å². The third-order valence-corrected chi connectivity index (χ3v) is 4.88. The number of hydrogen-bond acceptors (Lipinski definition) is 3. The number of benzene rings is 1. The molecular formula is C18H22FN3O2. The Morgan fingerprint density at radius 2 is 2.17 bits per heavy atom. The molecule has 1 aromatic heterocycles. The predicted octanol–water partition coefficient (Wildman–Crippen LogP) is 2.55. The van der Waals surface area contributed by atoms with E-state index in [9.17, 15) is 14.3 Å². The molecule has 2 unspecified atom stereocenters. The number of aliphatic hydroxyl groups excluding tert-OH is 1. The van der Waals surface area contributed by atoms with E-state index in [0.29, 0.717) is 23.5 Å². The van der Waals surface area contributed by atoms with Crippen molar-refractivity contribution in [3.63, 3.8) is 0 Å². The number of rotatable bonds is 3. The van der Waals surface area contributed by atoms with E-state index >= 15 is 0 Å². The SMILES string of the molecule is Cc1c(C(=O)N2CCCC(C)C2CO)cnn1-c1ccccc1F. The Labute approximate surface area is 140 Å². The maximum absolute atomic E-state index is 14.0. The Balaban J connectivity index is 1.93. The molecule has 1 N–H and O–H groups in total. The van der Waals surface area contributed by atoms with Gasteiger partial charge >= 0.3 is 0 Å². The molecule has 24 heavy (non-hydrogen) atoms. The Bertz CT molecular complexity index is 744. The average molecular weight is 331 g/mol. The van der Waals surface area contributed by atoms with Gasteiger partial charge in [0.05, 0.1) is 30.1 Å². The van der Waals surface area contributed by atoms with Crippen LogP contribution in [0.1, 0.15) is 35.8 Å². The molecule has 1 fully saturated rings. The Morgan fingerprint density at radius 3 is 2.88 bits per heavy atom. The summed E-state index contributed by atoms with van der Waals surface area (Å²) in [5, 5.41) is 13.9. The molecule has 0 radical (unpaired) electrons. The van der Waals surface area contributed by atoms with E-state index in [4.69, 9.17) is 0 Å². The van der Waals surface area contributed by atoms with Crippen molar-refractivity contribution in [2.24, 2.45) is 5.92 Å². The van der Waals surface area contributed by atoms with Crippen molar-refractivity contribution in [1.82, 2.24) is 14.7 Å². The Morgan fingerprint density at radius 1 is 1.42 bits per heavy atom. The molecule has 3 rings (SSSR count). The molecule has 0 aliphatic carbocycles. The van der Waals surface area contributed by atoms with Crippen LogP contribution in [0.2, 0.25) is 0 Å². The molecule has 6 heteroatoms. The van der Waals surface area contributed by atoms with Gasteiger partial charge in [-0.1, -0.05) is 19.1 Å². The van der Waals surface area contributed by atoms with Crippen LogP contribution in [0.15, 0.2) is 30.5 Å². The normalized spacial score (nSPS) is 21.1. The van der Waals surface area contributed by atoms with E-state index in [2.05, 4.69) is 12.0 Å². The molecule has 2 atom stereocenters. The maximum atomic E-state index is 14.0. The second-order valence-corrected chi connectivity index (χ2v) is 6.37. The molecule has 0 bridgehead atoms. The van der Waals surface area contributed by atoms with Gasteiger partial charge in [0.25, 0.3) is 5.91 Å². The van der Waals surface area contributed by atoms with Gasteiger partial charge in [-0.05, 0) is 37.8 Å². The minimum atomic E-state index is -0.387. The average Bonchev–Trinajstić information content (AvgIpc) is 2.96. The Hall–Kier alpha value is -2.21. The van der Waals surface area contributed by atoms with E-state index in [1.165, 1.54) is 16.9 Å². The van der Waals surface area contributed by atoms with E-state index in [-0.39, 0.29) is 30.3 Å². The summed E-state index contributed by atoms with van der Waals surface area (Å²) >= 11 is 0. The highest BCUT2D eigenvalue weighted by Gasteiger charge is 2.33. The van der Waals surface area contributed by atoms with Gasteiger partial charge in [0, 0.05) is 6.54 Å². The summed E-state index contributed by atoms with van der Waals surface area (Å²) in [6, 6.07) is 6.16. The fraction of sp³-hybridized carbons (Fsp3) is 0.444. The number of para-hydroxylation sites is 1. The highest BCUT2D eigenvalue weighted by molar-refractivity contribution is 5.95. The number of piperidine rings is 1. The fourth-order valence-corrected chi connectivity index (χ4v) is 3.42. The van der Waals surface area contributed by atoms with Crippen molar-refractivity contribution in [1.29, 1.82) is 0 Å². The molecule has 2 heterocycles. The summed E-state index contributed by atoms with van der Waals surface area (Å²) in [7, 11) is 0. The van der Waals surface area contributed by atoms with Gasteiger partial charge in [0.1, 0.15) is 11.5 Å². The summed E-state index contributed by atoms with van der Waals surface area (Å²) in [4.78, 5) is 14.7. The van der Waals surface area contributed by atoms with Gasteiger partial charge in [-0.3, -0.25) is 4.79 Å². The fourth-order valence-electron chi connectivity index (χ4n) is 3.42. The lowest BCUT2D eigenvalue weighted by molar-refractivity contribution is 0.0358. The second kappa shape index (κ2) is 6.73. The molecule has 1 amide bonds. The lowest BCUT2D eigenvalue weighted by Gasteiger charge is -2.39. The van der Waals surface area contributed by atoms with E-state index in [1.54, 1.807) is 30.0 Å². The van der Waals surface area contributed by atoms with Crippen LogP contribution in [0.3, 0.4) is 0 Å². The number of halogens is 1. The zero-order valence-electron chi connectivity index (χ0n) is 13.9. The number of nitrogens with zero attached hydrogens (tertiary/aromatic N) is 3. The summed E-state index contributed by atoms with van der Waals surface area (Å²) < 4.78 is 15.4. The summed E-state index contributed by atoms with van der Waals surface area (Å²) in [5.74, 6) is -0.280. The molecule has 0 saturated carbocycles. The lowest BCUT2D eigenvalue weighted by atomic mass is 9.91. The number of hydrogen-bond donors (Lipinski definition) is 1. The zero-order valence-corrected chi connectivity index (χ0v) is 13.9. The van der Waals surface area contributed by atoms with Crippen LogP contribution in [0.4, 0.5) is 4.39 Å². The predicted molar refractivity (Wildman–Crippen MR) is 88.6 cm³/mol. The van der Waals surface area contributed by atoms with Crippen molar-refractivity contribution >= 4 is 5.91 Å². The molecule has 1 aliphatic rings. The molecule has 1 aromatic carbocycles. The van der Waals surface area contributed by atoms with Crippen LogP contribution in [-0.4, -0.2) is 44.9 Å². The van der Waals surface area contributed by atoms with E-state index in [1.807, 2.05) is 0 Å². The molecule has 1 aliphatic heterocycles. The van der Waals surface area contributed by atoms with Crippen molar-refractivity contribution in [2.75, 3.05) is 13.2 Å². The smallest absolute Gasteiger partial charge is 0.257 e. The first-order chi connectivity index (χ1) is 11.5. The molecule has 5 nitrogen and oxygen atoms in total. The van der Waals surface area contributed by atoms with Gasteiger partial charge in [-0.15, -0.1) is 0 Å². The van der Waals surface area contributed by atoms with Crippen molar-refractivity contribution < 1.29 is 14.3 Å². The summed E-state index contributed by atoms with van der Waals surface area (Å²) in [6.45, 7) is 4.38. The number of aliphatic hydroxyl groups is 1. The molecule has 128 valence electrons. The van der Waals surface area contributed by atoms with Crippen LogP contribution in [0.25, 0.3) is 5.69 Å². The molecular weight excluding hydrogens is 309 g/mol. The van der Waals surface area contributed by atoms with E-state index < -0.39 is 0 Å². The van der Waals surface area contributed by atoms with Crippen LogP contribution in [0, 0.1) is 18.7 Å². The first-order valence-corrected chi connectivity index (χ1v) is 8.26. The third-order valence-electron chi connectivity index (χ3n) is 4.88. The third kappa shape index (κ3) is 2.82. The van der Waals surface area contributed by atoms with Gasteiger partial charge in [0.15, 0.2) is 0 Å². The van der Waals surface area contributed by atoms with Gasteiger partial charge < -0.3 is 10.0 Å². The van der Waals surface area contributed by atoms with Crippen LogP contribution in [0.5, 0.6) is 0 Å². The first-order valence-electron chi connectivity index (χ1n) is 8.26. The monoisotopic (exact) mass is 331 g/mol. The number of amides is 1. The van der Waals surface area contributed by atoms with E-state index in [0.717, 1.165) is 12.8 Å². The lowest BCUT2D eigenvalue weighted by Crippen LogP contribution is -2.49. The summed E-state index contributed by atoms with van der Waals surface area (Å²) in [5.41, 5.74) is 1.37. The molecule has 2 aromatic rings. The molecule has 0 spiro atoms. The standard InChI is InChI=1S/C18H22FN3O2/c1-12-6-5-9-21(17(12)11-23)18(24)14-10-20-22(13(14)2)16-8-4-3-7-15(16)19/h3-4,7-8,10,12,17,23H,5-6,9,11H2,1-2H3. The molecule has 1 saturated heterocycles. The number of carbonyl (C=O) groups excluding carboxylic acids is 1. The van der Waals surface area contributed by atoms with Gasteiger partial charge in [0.2, 0.25) is 0 Å². The number of aromatic nitrogens is 2. The zero-order chi connectivity index (χ0) is 17.3. The first kappa shape index (κ1) is 16.6. The largest absolute Gasteiger partial charge is 0.394 e. The minimum Gasteiger partial charge on any atom is -0.394 e. The van der Waals surface area contributed by atoms with Crippen LogP contribution >= 0.6 is 0 Å².